The van der Waals surface area contributed by atoms with Crippen LogP contribution < -0.4 is 5.32 Å². The van der Waals surface area contributed by atoms with Crippen LogP contribution in [0.15, 0.2) is 11.6 Å². The topological polar surface area (TPSA) is 69.7 Å². The summed E-state index contributed by atoms with van der Waals surface area (Å²) in [6.45, 7) is 4.72. The zero-order chi connectivity index (χ0) is 16.9. The van der Waals surface area contributed by atoms with Gasteiger partial charge in [0.05, 0.1) is 12.3 Å². The second-order valence-corrected chi connectivity index (χ2v) is 8.51. The summed E-state index contributed by atoms with van der Waals surface area (Å²) in [5.41, 5.74) is 1.46. The third-order valence-electron chi connectivity index (χ3n) is 4.80. The maximum atomic E-state index is 12.3. The molecule has 132 valence electrons. The predicted octanol–water partition coefficient (Wildman–Crippen LogP) is 0.959. The molecule has 1 N–H and O–H groups in total. The van der Waals surface area contributed by atoms with Crippen LogP contribution in [0.25, 0.3) is 0 Å². The van der Waals surface area contributed by atoms with Crippen molar-refractivity contribution in [2.24, 2.45) is 0 Å². The Morgan fingerprint density at radius 1 is 1.26 bits per heavy atom. The number of hydrogen-bond donors (Lipinski definition) is 1. The zero-order valence-electron chi connectivity index (χ0n) is 14.3. The van der Waals surface area contributed by atoms with E-state index < -0.39 is 10.0 Å². The van der Waals surface area contributed by atoms with Crippen LogP contribution in [0.1, 0.15) is 39.0 Å². The van der Waals surface area contributed by atoms with Crippen molar-refractivity contribution in [1.29, 1.82) is 0 Å². The quantitative estimate of drug-likeness (QED) is 0.729. The molecule has 2 aliphatic rings. The van der Waals surface area contributed by atoms with E-state index in [4.69, 9.17) is 0 Å². The highest BCUT2D eigenvalue weighted by Crippen LogP contribution is 2.19. The van der Waals surface area contributed by atoms with E-state index >= 15 is 0 Å². The molecule has 1 aliphatic heterocycles. The second kappa shape index (κ2) is 8.26. The highest BCUT2D eigenvalue weighted by Gasteiger charge is 2.28. The minimum atomic E-state index is -3.12. The Hall–Kier alpha value is -0.920. The number of amides is 1. The molecule has 1 aliphatic carbocycles. The minimum Gasteiger partial charge on any atom is -0.354 e. The van der Waals surface area contributed by atoms with Crippen LogP contribution in [0.4, 0.5) is 0 Å². The highest BCUT2D eigenvalue weighted by molar-refractivity contribution is 7.88. The van der Waals surface area contributed by atoms with E-state index in [9.17, 15) is 13.2 Å². The minimum absolute atomic E-state index is 0.0363. The molecule has 6 nitrogen and oxygen atoms in total. The molecule has 1 unspecified atom stereocenters. The molecule has 1 heterocycles. The number of carbonyl (C=O) groups excluding carboxylic acids is 1. The van der Waals surface area contributed by atoms with E-state index in [-0.39, 0.29) is 11.9 Å². The average Bonchev–Trinajstić information content (AvgIpc) is 2.54. The molecular weight excluding hydrogens is 314 g/mol. The van der Waals surface area contributed by atoms with E-state index in [1.165, 1.54) is 41.8 Å². The number of sulfonamides is 1. The summed E-state index contributed by atoms with van der Waals surface area (Å²) >= 11 is 0. The molecule has 0 spiro atoms. The molecule has 0 aromatic heterocycles. The number of hydrogen-bond acceptors (Lipinski definition) is 4. The first-order valence-electron chi connectivity index (χ1n) is 8.52. The van der Waals surface area contributed by atoms with Crippen LogP contribution in [-0.2, 0) is 14.8 Å². The average molecular weight is 343 g/mol. The number of piperazine rings is 1. The first kappa shape index (κ1) is 18.4. The van der Waals surface area contributed by atoms with Crippen LogP contribution in [0.5, 0.6) is 0 Å². The fourth-order valence-electron chi connectivity index (χ4n) is 3.21. The van der Waals surface area contributed by atoms with E-state index in [1.807, 2.05) is 6.92 Å². The van der Waals surface area contributed by atoms with E-state index in [1.54, 1.807) is 0 Å². The molecule has 0 bridgehead atoms. The van der Waals surface area contributed by atoms with Gasteiger partial charge in [-0.3, -0.25) is 9.69 Å². The lowest BCUT2D eigenvalue weighted by Gasteiger charge is -2.36. The van der Waals surface area contributed by atoms with Crippen molar-refractivity contribution >= 4 is 15.9 Å². The first-order chi connectivity index (χ1) is 10.9. The lowest BCUT2D eigenvalue weighted by atomic mass is 9.97. The number of nitrogens with one attached hydrogen (secondary N) is 1. The third kappa shape index (κ3) is 5.58. The molecule has 2 rings (SSSR count). The van der Waals surface area contributed by atoms with E-state index in [0.29, 0.717) is 32.7 Å². The van der Waals surface area contributed by atoms with Gasteiger partial charge in [0.25, 0.3) is 0 Å². The van der Waals surface area contributed by atoms with E-state index in [2.05, 4.69) is 16.3 Å². The summed E-state index contributed by atoms with van der Waals surface area (Å²) in [7, 11) is -3.12. The van der Waals surface area contributed by atoms with Crippen LogP contribution >= 0.6 is 0 Å². The Bertz CT molecular complexity index is 537. The normalized spacial score (nSPS) is 22.4. The summed E-state index contributed by atoms with van der Waals surface area (Å²) < 4.78 is 24.5. The highest BCUT2D eigenvalue weighted by atomic mass is 32.2. The molecule has 0 saturated carbocycles. The Balaban J connectivity index is 1.71. The maximum absolute atomic E-state index is 12.3. The molecule has 0 aromatic rings. The second-order valence-electron chi connectivity index (χ2n) is 6.52. The molecule has 23 heavy (non-hydrogen) atoms. The summed E-state index contributed by atoms with van der Waals surface area (Å²) in [4.78, 5) is 14.3. The summed E-state index contributed by atoms with van der Waals surface area (Å²) in [6.07, 6.45) is 9.37. The lowest BCUT2D eigenvalue weighted by Crippen LogP contribution is -2.54. The van der Waals surface area contributed by atoms with Gasteiger partial charge in [0.2, 0.25) is 15.9 Å². The third-order valence-corrected chi connectivity index (χ3v) is 6.10. The van der Waals surface area contributed by atoms with Crippen LogP contribution in [0.3, 0.4) is 0 Å². The summed E-state index contributed by atoms with van der Waals surface area (Å²) in [6, 6.07) is -0.211. The zero-order valence-corrected chi connectivity index (χ0v) is 15.1. The van der Waals surface area contributed by atoms with Gasteiger partial charge in [0.1, 0.15) is 0 Å². The van der Waals surface area contributed by atoms with Crippen molar-refractivity contribution in [3.63, 3.8) is 0 Å². The molecule has 0 radical (unpaired) electrons. The summed E-state index contributed by atoms with van der Waals surface area (Å²) in [5, 5.41) is 3.02. The monoisotopic (exact) mass is 343 g/mol. The van der Waals surface area contributed by atoms with Crippen molar-refractivity contribution in [2.45, 2.75) is 45.1 Å². The smallest absolute Gasteiger partial charge is 0.237 e. The fraction of sp³-hybridized carbons (Fsp3) is 0.812. The molecule has 0 aromatic carbocycles. The van der Waals surface area contributed by atoms with Gasteiger partial charge in [0.15, 0.2) is 0 Å². The van der Waals surface area contributed by atoms with Crippen molar-refractivity contribution < 1.29 is 13.2 Å². The molecule has 7 heteroatoms. The predicted molar refractivity (Wildman–Crippen MR) is 91.6 cm³/mol. The van der Waals surface area contributed by atoms with Crippen molar-refractivity contribution in [3.8, 4) is 0 Å². The maximum Gasteiger partial charge on any atom is 0.237 e. The number of rotatable bonds is 6. The molecule has 1 fully saturated rings. The van der Waals surface area contributed by atoms with Gasteiger partial charge in [-0.25, -0.2) is 8.42 Å². The SMILES string of the molecule is CC(C(=O)NCCC1=CCCCC1)N1CCN(S(C)(=O)=O)CC1. The molecule has 1 amide bonds. The largest absolute Gasteiger partial charge is 0.354 e. The van der Waals surface area contributed by atoms with Gasteiger partial charge in [-0.15, -0.1) is 0 Å². The van der Waals surface area contributed by atoms with E-state index in [0.717, 1.165) is 6.42 Å². The molecular formula is C16H29N3O3S. The molecule has 1 saturated heterocycles. The van der Waals surface area contributed by atoms with Gasteiger partial charge < -0.3 is 5.32 Å². The van der Waals surface area contributed by atoms with Crippen LogP contribution in [0.2, 0.25) is 0 Å². The Morgan fingerprint density at radius 2 is 1.96 bits per heavy atom. The Labute approximate surface area is 140 Å². The van der Waals surface area contributed by atoms with Gasteiger partial charge in [-0.1, -0.05) is 11.6 Å². The van der Waals surface area contributed by atoms with Gasteiger partial charge in [-0.2, -0.15) is 4.31 Å². The Kier molecular flexibility index (Phi) is 6.61. The lowest BCUT2D eigenvalue weighted by molar-refractivity contribution is -0.126. The Morgan fingerprint density at radius 3 is 2.52 bits per heavy atom. The van der Waals surface area contributed by atoms with Gasteiger partial charge in [0, 0.05) is 32.7 Å². The van der Waals surface area contributed by atoms with Gasteiger partial charge >= 0.3 is 0 Å². The van der Waals surface area contributed by atoms with Crippen molar-refractivity contribution in [1.82, 2.24) is 14.5 Å². The van der Waals surface area contributed by atoms with Gasteiger partial charge in [-0.05, 0) is 39.0 Å². The number of nitrogens with zero attached hydrogens (tertiary/aromatic N) is 2. The van der Waals surface area contributed by atoms with Crippen LogP contribution in [-0.4, -0.2) is 68.6 Å². The number of carbonyl (C=O) groups is 1. The van der Waals surface area contributed by atoms with Crippen LogP contribution in [0, 0.1) is 0 Å². The fourth-order valence-corrected chi connectivity index (χ4v) is 4.04. The van der Waals surface area contributed by atoms with Crippen molar-refractivity contribution in [2.75, 3.05) is 39.0 Å². The van der Waals surface area contributed by atoms with Crippen molar-refractivity contribution in [3.05, 3.63) is 11.6 Å². The standard InChI is InChI=1S/C16H29N3O3S/c1-14(18-10-12-19(13-11-18)23(2,21)22)16(20)17-9-8-15-6-4-3-5-7-15/h6,14H,3-5,7-13H2,1-2H3,(H,17,20). The first-order valence-corrected chi connectivity index (χ1v) is 10.4. The molecule has 1 atom stereocenters. The summed E-state index contributed by atoms with van der Waals surface area (Å²) in [5.74, 6) is 0.0363. The number of allylic oxidation sites excluding steroid dienone is 1.